The molecule has 0 saturated heterocycles. The minimum Gasteiger partial charge on any atom is -0.385 e. The molecule has 0 radical (unpaired) electrons. The lowest BCUT2D eigenvalue weighted by atomic mass is 10.1. The van der Waals surface area contributed by atoms with Crippen molar-refractivity contribution in [3.63, 3.8) is 0 Å². The van der Waals surface area contributed by atoms with Crippen molar-refractivity contribution in [2.45, 2.75) is 20.3 Å². The van der Waals surface area contributed by atoms with Crippen molar-refractivity contribution in [3.05, 3.63) is 35.4 Å². The number of hydrogen-bond donors (Lipinski definition) is 1. The first-order valence-electron chi connectivity index (χ1n) is 7.90. The molecule has 0 aliphatic carbocycles. The zero-order valence-corrected chi connectivity index (χ0v) is 14.1. The van der Waals surface area contributed by atoms with Crippen LogP contribution in [0.2, 0.25) is 0 Å². The van der Waals surface area contributed by atoms with Gasteiger partial charge in [-0.1, -0.05) is 12.1 Å². The average Bonchev–Trinajstić information content (AvgIpc) is 2.58. The third-order valence-corrected chi connectivity index (χ3v) is 3.51. The Morgan fingerprint density at radius 1 is 1.30 bits per heavy atom. The number of hydrogen-bond acceptors (Lipinski definition) is 4. The zero-order valence-electron chi connectivity index (χ0n) is 14.1. The third-order valence-electron chi connectivity index (χ3n) is 3.51. The molecule has 0 saturated carbocycles. The van der Waals surface area contributed by atoms with Gasteiger partial charge in [0, 0.05) is 39.0 Å². The van der Waals surface area contributed by atoms with Crippen LogP contribution in [-0.4, -0.2) is 39.3 Å². The molecule has 0 unspecified atom stereocenters. The highest BCUT2D eigenvalue weighted by Crippen LogP contribution is 2.16. The molecule has 1 N–H and O–H groups in total. The quantitative estimate of drug-likeness (QED) is 0.432. The van der Waals surface area contributed by atoms with Crippen LogP contribution >= 0.6 is 0 Å². The van der Waals surface area contributed by atoms with Crippen molar-refractivity contribution < 1.29 is 9.53 Å². The van der Waals surface area contributed by atoms with Crippen LogP contribution < -0.4 is 10.2 Å². The van der Waals surface area contributed by atoms with Crippen LogP contribution in [0.4, 0.5) is 5.69 Å². The Balaban J connectivity index is 2.74. The summed E-state index contributed by atoms with van der Waals surface area (Å²) in [5, 5.41) is 11.9. The molecule has 0 bridgehead atoms. The summed E-state index contributed by atoms with van der Waals surface area (Å²) in [7, 11) is 1.62. The van der Waals surface area contributed by atoms with Crippen molar-refractivity contribution in [1.29, 1.82) is 5.26 Å². The predicted octanol–water partition coefficient (Wildman–Crippen LogP) is 2.59. The molecule has 0 heterocycles. The number of amides is 1. The molecular formula is C18H25N3O2. The lowest BCUT2D eigenvalue weighted by Gasteiger charge is -2.20. The predicted molar refractivity (Wildman–Crippen MR) is 93.1 cm³/mol. The van der Waals surface area contributed by atoms with Gasteiger partial charge in [0.15, 0.2) is 0 Å². The van der Waals surface area contributed by atoms with Crippen molar-refractivity contribution in [2.75, 3.05) is 38.3 Å². The van der Waals surface area contributed by atoms with Gasteiger partial charge in [0.05, 0.1) is 0 Å². The van der Waals surface area contributed by atoms with E-state index < -0.39 is 0 Å². The summed E-state index contributed by atoms with van der Waals surface area (Å²) in [6.07, 6.45) is 2.33. The number of carbonyl (C=O) groups is 1. The Labute approximate surface area is 138 Å². The lowest BCUT2D eigenvalue weighted by molar-refractivity contribution is -0.117. The maximum Gasteiger partial charge on any atom is 0.261 e. The summed E-state index contributed by atoms with van der Waals surface area (Å²) in [5.41, 5.74) is 2.08. The van der Waals surface area contributed by atoms with Crippen LogP contribution in [0.25, 0.3) is 6.08 Å². The monoisotopic (exact) mass is 315 g/mol. The van der Waals surface area contributed by atoms with Gasteiger partial charge < -0.3 is 15.0 Å². The van der Waals surface area contributed by atoms with E-state index in [-0.39, 0.29) is 11.5 Å². The largest absolute Gasteiger partial charge is 0.385 e. The molecule has 1 rings (SSSR count). The molecular weight excluding hydrogens is 290 g/mol. The van der Waals surface area contributed by atoms with E-state index in [1.165, 1.54) is 0 Å². The fourth-order valence-corrected chi connectivity index (χ4v) is 2.20. The van der Waals surface area contributed by atoms with Gasteiger partial charge in [-0.15, -0.1) is 0 Å². The number of ether oxygens (including phenoxy) is 1. The van der Waals surface area contributed by atoms with Gasteiger partial charge in [0.2, 0.25) is 0 Å². The summed E-state index contributed by atoms with van der Waals surface area (Å²) in [5.74, 6) is -0.351. The molecule has 1 aromatic rings. The van der Waals surface area contributed by atoms with Crippen molar-refractivity contribution >= 4 is 17.7 Å². The second-order valence-electron chi connectivity index (χ2n) is 5.04. The maximum atomic E-state index is 12.0. The average molecular weight is 315 g/mol. The first-order chi connectivity index (χ1) is 11.2. The highest BCUT2D eigenvalue weighted by Gasteiger charge is 2.08. The van der Waals surface area contributed by atoms with Crippen LogP contribution in [0.5, 0.6) is 0 Å². The smallest absolute Gasteiger partial charge is 0.261 e. The number of methoxy groups -OCH3 is 1. The summed E-state index contributed by atoms with van der Waals surface area (Å²) in [4.78, 5) is 14.2. The Hall–Kier alpha value is -2.32. The van der Waals surface area contributed by atoms with E-state index in [2.05, 4.69) is 24.1 Å². The second kappa shape index (κ2) is 10.4. The Kier molecular flexibility index (Phi) is 8.48. The van der Waals surface area contributed by atoms with Crippen molar-refractivity contribution in [3.8, 4) is 6.07 Å². The number of carbonyl (C=O) groups excluding carboxylic acids is 1. The number of nitriles is 1. The summed E-state index contributed by atoms with van der Waals surface area (Å²) < 4.78 is 4.92. The molecule has 1 amide bonds. The van der Waals surface area contributed by atoms with Crippen LogP contribution in [-0.2, 0) is 9.53 Å². The summed E-state index contributed by atoms with van der Waals surface area (Å²) in [6, 6.07) is 9.81. The molecule has 0 spiro atoms. The molecule has 124 valence electrons. The van der Waals surface area contributed by atoms with Gasteiger partial charge in [-0.2, -0.15) is 5.26 Å². The van der Waals surface area contributed by atoms with E-state index in [1.807, 2.05) is 30.3 Å². The Bertz CT molecular complexity index is 555. The van der Waals surface area contributed by atoms with E-state index in [4.69, 9.17) is 10.00 Å². The maximum absolute atomic E-state index is 12.0. The Morgan fingerprint density at radius 2 is 1.96 bits per heavy atom. The van der Waals surface area contributed by atoms with Gasteiger partial charge in [0.1, 0.15) is 11.6 Å². The molecule has 0 fully saturated rings. The standard InChI is InChI=1S/C18H25N3O2/c1-4-21(5-2)17-9-7-15(8-10-17)13-16(14-19)18(22)20-11-6-12-23-3/h7-10,13H,4-6,11-12H2,1-3H3,(H,20,22)/b16-13+. The second-order valence-corrected chi connectivity index (χ2v) is 5.04. The molecule has 0 aromatic heterocycles. The zero-order chi connectivity index (χ0) is 17.1. The Morgan fingerprint density at radius 3 is 2.48 bits per heavy atom. The van der Waals surface area contributed by atoms with Crippen molar-refractivity contribution in [1.82, 2.24) is 5.32 Å². The molecule has 0 aliphatic rings. The molecule has 0 aliphatic heterocycles. The van der Waals surface area contributed by atoms with E-state index >= 15 is 0 Å². The van der Waals surface area contributed by atoms with Gasteiger partial charge in [-0.25, -0.2) is 0 Å². The van der Waals surface area contributed by atoms with Crippen LogP contribution in [0.15, 0.2) is 29.8 Å². The summed E-state index contributed by atoms with van der Waals surface area (Å²) in [6.45, 7) is 7.18. The highest BCUT2D eigenvalue weighted by atomic mass is 16.5. The first kappa shape index (κ1) is 18.7. The molecule has 23 heavy (non-hydrogen) atoms. The lowest BCUT2D eigenvalue weighted by Crippen LogP contribution is -2.26. The van der Waals surface area contributed by atoms with E-state index in [1.54, 1.807) is 13.2 Å². The number of nitrogens with zero attached hydrogens (tertiary/aromatic N) is 2. The van der Waals surface area contributed by atoms with E-state index in [0.717, 1.165) is 30.8 Å². The normalized spacial score (nSPS) is 11.0. The topological polar surface area (TPSA) is 65.4 Å². The van der Waals surface area contributed by atoms with Crippen LogP contribution in [0.3, 0.4) is 0 Å². The van der Waals surface area contributed by atoms with Crippen LogP contribution in [0, 0.1) is 11.3 Å². The molecule has 5 heteroatoms. The van der Waals surface area contributed by atoms with E-state index in [0.29, 0.717) is 13.2 Å². The first-order valence-corrected chi connectivity index (χ1v) is 7.90. The summed E-state index contributed by atoms with van der Waals surface area (Å²) >= 11 is 0. The number of nitrogens with one attached hydrogen (secondary N) is 1. The van der Waals surface area contributed by atoms with Gasteiger partial charge in [0.25, 0.3) is 5.91 Å². The van der Waals surface area contributed by atoms with Gasteiger partial charge >= 0.3 is 0 Å². The molecule has 1 aromatic carbocycles. The van der Waals surface area contributed by atoms with E-state index in [9.17, 15) is 4.79 Å². The fourth-order valence-electron chi connectivity index (χ4n) is 2.20. The van der Waals surface area contributed by atoms with Crippen molar-refractivity contribution in [2.24, 2.45) is 0 Å². The molecule has 0 atom stereocenters. The minimum atomic E-state index is -0.351. The minimum absolute atomic E-state index is 0.109. The number of rotatable bonds is 9. The van der Waals surface area contributed by atoms with Gasteiger partial charge in [-0.3, -0.25) is 4.79 Å². The highest BCUT2D eigenvalue weighted by molar-refractivity contribution is 6.01. The molecule has 5 nitrogen and oxygen atoms in total. The number of benzene rings is 1. The fraction of sp³-hybridized carbons (Fsp3) is 0.444. The number of anilines is 1. The third kappa shape index (κ3) is 6.13. The SMILES string of the molecule is CCN(CC)c1ccc(/C=C(\C#N)C(=O)NCCCOC)cc1. The van der Waals surface area contributed by atoms with Crippen LogP contribution in [0.1, 0.15) is 25.8 Å². The van der Waals surface area contributed by atoms with Gasteiger partial charge in [-0.05, 0) is 44.0 Å².